The van der Waals surface area contributed by atoms with E-state index >= 15 is 0 Å². The van der Waals surface area contributed by atoms with E-state index in [9.17, 15) is 13.2 Å². The van der Waals surface area contributed by atoms with Crippen molar-refractivity contribution >= 4 is 0 Å². The van der Waals surface area contributed by atoms with Gasteiger partial charge in [-0.2, -0.15) is 18.2 Å². The van der Waals surface area contributed by atoms with E-state index in [1.807, 2.05) is 6.07 Å². The summed E-state index contributed by atoms with van der Waals surface area (Å²) >= 11 is 0. The predicted molar refractivity (Wildman–Crippen MR) is 56.5 cm³/mol. The standard InChI is InChI=1S/C11H10F3N3O/c1-6-4-2-3-5-7(6)8(15)9-16-10(18-17-9)11(12,13)14/h2-5,8H,15H2,1H3. The molecule has 0 fully saturated rings. The number of aryl methyl sites for hydroxylation is 1. The first-order chi connectivity index (χ1) is 8.39. The van der Waals surface area contributed by atoms with Crippen molar-refractivity contribution in [3.8, 4) is 0 Å². The summed E-state index contributed by atoms with van der Waals surface area (Å²) in [6, 6.07) is 6.23. The van der Waals surface area contributed by atoms with Crippen LogP contribution in [0.3, 0.4) is 0 Å². The third kappa shape index (κ3) is 2.35. The Morgan fingerprint density at radius 3 is 2.50 bits per heavy atom. The molecule has 0 saturated heterocycles. The van der Waals surface area contributed by atoms with Crippen molar-refractivity contribution in [3.63, 3.8) is 0 Å². The van der Waals surface area contributed by atoms with Crippen LogP contribution in [0.15, 0.2) is 28.8 Å². The lowest BCUT2D eigenvalue weighted by Crippen LogP contribution is -2.15. The number of alkyl halides is 3. The minimum Gasteiger partial charge on any atom is -0.329 e. The van der Waals surface area contributed by atoms with Crippen LogP contribution in [0.4, 0.5) is 13.2 Å². The number of aromatic nitrogens is 2. The largest absolute Gasteiger partial charge is 0.471 e. The Hall–Kier alpha value is -1.89. The van der Waals surface area contributed by atoms with Gasteiger partial charge in [0.25, 0.3) is 0 Å². The van der Waals surface area contributed by atoms with Gasteiger partial charge in [-0.05, 0) is 18.1 Å². The van der Waals surface area contributed by atoms with Gasteiger partial charge in [-0.3, -0.25) is 0 Å². The number of benzene rings is 1. The van der Waals surface area contributed by atoms with Gasteiger partial charge in [0.05, 0.1) is 6.04 Å². The first-order valence-corrected chi connectivity index (χ1v) is 5.11. The highest BCUT2D eigenvalue weighted by Crippen LogP contribution is 2.29. The molecule has 2 aromatic rings. The molecule has 0 amide bonds. The molecule has 1 atom stereocenters. The first-order valence-electron chi connectivity index (χ1n) is 5.11. The van der Waals surface area contributed by atoms with Gasteiger partial charge < -0.3 is 10.3 Å². The Morgan fingerprint density at radius 2 is 1.94 bits per heavy atom. The van der Waals surface area contributed by atoms with Crippen molar-refractivity contribution in [2.45, 2.75) is 19.1 Å². The fourth-order valence-corrected chi connectivity index (χ4v) is 1.55. The molecule has 18 heavy (non-hydrogen) atoms. The summed E-state index contributed by atoms with van der Waals surface area (Å²) in [7, 11) is 0. The summed E-state index contributed by atoms with van der Waals surface area (Å²) in [4.78, 5) is 3.27. The zero-order valence-electron chi connectivity index (χ0n) is 9.40. The van der Waals surface area contributed by atoms with Crippen LogP contribution >= 0.6 is 0 Å². The van der Waals surface area contributed by atoms with Crippen molar-refractivity contribution in [2.75, 3.05) is 0 Å². The molecule has 1 heterocycles. The summed E-state index contributed by atoms with van der Waals surface area (Å²) in [5.74, 6) is -1.57. The minimum atomic E-state index is -4.66. The van der Waals surface area contributed by atoms with Crippen LogP contribution in [0.1, 0.15) is 28.9 Å². The van der Waals surface area contributed by atoms with E-state index in [1.165, 1.54) is 0 Å². The van der Waals surface area contributed by atoms with E-state index in [0.717, 1.165) is 5.56 Å². The second-order valence-electron chi connectivity index (χ2n) is 3.79. The highest BCUT2D eigenvalue weighted by molar-refractivity contribution is 5.31. The highest BCUT2D eigenvalue weighted by atomic mass is 19.4. The van der Waals surface area contributed by atoms with E-state index in [-0.39, 0.29) is 5.82 Å². The maximum atomic E-state index is 12.3. The molecule has 0 aliphatic carbocycles. The van der Waals surface area contributed by atoms with Crippen molar-refractivity contribution in [1.82, 2.24) is 10.1 Å². The molecule has 0 spiro atoms. The van der Waals surface area contributed by atoms with Crippen molar-refractivity contribution in [1.29, 1.82) is 0 Å². The monoisotopic (exact) mass is 257 g/mol. The lowest BCUT2D eigenvalue weighted by molar-refractivity contribution is -0.159. The van der Waals surface area contributed by atoms with E-state index in [0.29, 0.717) is 5.56 Å². The van der Waals surface area contributed by atoms with Crippen LogP contribution in [0.25, 0.3) is 0 Å². The molecule has 2 rings (SSSR count). The van der Waals surface area contributed by atoms with Gasteiger partial charge in [0.2, 0.25) is 0 Å². The average molecular weight is 257 g/mol. The topological polar surface area (TPSA) is 64.9 Å². The van der Waals surface area contributed by atoms with Crippen LogP contribution in [0.2, 0.25) is 0 Å². The number of rotatable bonds is 2. The van der Waals surface area contributed by atoms with E-state index < -0.39 is 18.1 Å². The van der Waals surface area contributed by atoms with Gasteiger partial charge >= 0.3 is 12.1 Å². The van der Waals surface area contributed by atoms with E-state index in [4.69, 9.17) is 5.73 Å². The Balaban J connectivity index is 2.33. The average Bonchev–Trinajstić information content (AvgIpc) is 2.77. The molecular weight excluding hydrogens is 247 g/mol. The lowest BCUT2D eigenvalue weighted by Gasteiger charge is -2.10. The highest BCUT2D eigenvalue weighted by Gasteiger charge is 2.39. The molecule has 96 valence electrons. The van der Waals surface area contributed by atoms with Gasteiger partial charge in [0, 0.05) is 0 Å². The fraction of sp³-hybridized carbons (Fsp3) is 0.273. The lowest BCUT2D eigenvalue weighted by atomic mass is 10.0. The summed E-state index contributed by atoms with van der Waals surface area (Å²) in [6.45, 7) is 1.81. The summed E-state index contributed by atoms with van der Waals surface area (Å²) in [5, 5.41) is 3.27. The normalized spacial score (nSPS) is 13.6. The van der Waals surface area contributed by atoms with Crippen molar-refractivity contribution in [3.05, 3.63) is 47.1 Å². The molecule has 1 unspecified atom stereocenters. The SMILES string of the molecule is Cc1ccccc1C(N)c1noc(C(F)(F)F)n1. The quantitative estimate of drug-likeness (QED) is 0.897. The van der Waals surface area contributed by atoms with Crippen LogP contribution in [-0.2, 0) is 6.18 Å². The van der Waals surface area contributed by atoms with E-state index in [2.05, 4.69) is 14.7 Å². The van der Waals surface area contributed by atoms with Crippen LogP contribution in [-0.4, -0.2) is 10.1 Å². The van der Waals surface area contributed by atoms with E-state index in [1.54, 1.807) is 25.1 Å². The summed E-state index contributed by atoms with van der Waals surface area (Å²) in [6.07, 6.45) is -4.66. The minimum absolute atomic E-state index is 0.184. The van der Waals surface area contributed by atoms with Crippen molar-refractivity contribution < 1.29 is 17.7 Å². The number of halogens is 3. The molecule has 1 aromatic heterocycles. The Kier molecular flexibility index (Phi) is 3.08. The third-order valence-corrected chi connectivity index (χ3v) is 2.49. The predicted octanol–water partition coefficient (Wildman–Crippen LogP) is 2.44. The number of nitrogens with zero attached hydrogens (tertiary/aromatic N) is 2. The van der Waals surface area contributed by atoms with Crippen molar-refractivity contribution in [2.24, 2.45) is 5.73 Å². The van der Waals surface area contributed by atoms with Gasteiger partial charge in [0.15, 0.2) is 5.82 Å². The van der Waals surface area contributed by atoms with Gasteiger partial charge in [0.1, 0.15) is 0 Å². The molecule has 7 heteroatoms. The molecule has 0 aliphatic rings. The van der Waals surface area contributed by atoms with Crippen LogP contribution < -0.4 is 5.73 Å². The summed E-state index contributed by atoms with van der Waals surface area (Å²) < 4.78 is 41.1. The smallest absolute Gasteiger partial charge is 0.329 e. The number of nitrogens with two attached hydrogens (primary N) is 1. The van der Waals surface area contributed by atoms with Gasteiger partial charge in [-0.15, -0.1) is 0 Å². The zero-order chi connectivity index (χ0) is 13.3. The van der Waals surface area contributed by atoms with Crippen LogP contribution in [0.5, 0.6) is 0 Å². The Bertz CT molecular complexity index is 550. The summed E-state index contributed by atoms with van der Waals surface area (Å²) in [5.41, 5.74) is 7.33. The molecule has 0 saturated carbocycles. The molecule has 0 aliphatic heterocycles. The Labute approximate surface area is 101 Å². The first kappa shape index (κ1) is 12.6. The fourth-order valence-electron chi connectivity index (χ4n) is 1.55. The molecule has 2 N–H and O–H groups in total. The van der Waals surface area contributed by atoms with Crippen LogP contribution in [0, 0.1) is 6.92 Å². The molecule has 0 radical (unpaired) electrons. The third-order valence-electron chi connectivity index (χ3n) is 2.49. The number of hydrogen-bond donors (Lipinski definition) is 1. The van der Waals surface area contributed by atoms with Gasteiger partial charge in [-0.25, -0.2) is 0 Å². The van der Waals surface area contributed by atoms with Gasteiger partial charge in [-0.1, -0.05) is 29.4 Å². The number of hydrogen-bond acceptors (Lipinski definition) is 4. The molecule has 4 nitrogen and oxygen atoms in total. The Morgan fingerprint density at radius 1 is 1.28 bits per heavy atom. The second kappa shape index (κ2) is 4.41. The maximum Gasteiger partial charge on any atom is 0.471 e. The molecule has 1 aromatic carbocycles. The second-order valence-corrected chi connectivity index (χ2v) is 3.79. The molecule has 0 bridgehead atoms. The molecular formula is C11H10F3N3O. The zero-order valence-corrected chi connectivity index (χ0v) is 9.40. The maximum absolute atomic E-state index is 12.3.